The van der Waals surface area contributed by atoms with Gasteiger partial charge in [0.2, 0.25) is 5.88 Å². The first-order valence-electron chi connectivity index (χ1n) is 9.54. The summed E-state index contributed by atoms with van der Waals surface area (Å²) in [6, 6.07) is 5.53. The molecule has 0 aliphatic heterocycles. The number of rotatable bonds is 8. The smallest absolute Gasteiger partial charge is 0.417 e. The van der Waals surface area contributed by atoms with E-state index in [1.54, 1.807) is 0 Å². The Morgan fingerprint density at radius 1 is 1.12 bits per heavy atom. The van der Waals surface area contributed by atoms with Gasteiger partial charge >= 0.3 is 6.18 Å². The molecule has 0 aliphatic carbocycles. The standard InChI is InChI=1S/C21H18ClF4N3O3/c1-2-7-31-8-9-32-17-6-3-12(11-27-17)15-10-16(30)29-20(28-15)18-13(21(24,25)26)4-5-14(22)19(18)23/h3-6,10-11H,2,7-9H2,1H3,(H,28,29,30). The zero-order chi connectivity index (χ0) is 23.3. The maximum atomic E-state index is 14.6. The maximum absolute atomic E-state index is 14.6. The molecule has 0 amide bonds. The number of aromatic amines is 1. The lowest BCUT2D eigenvalue weighted by Gasteiger charge is -2.14. The third kappa shape index (κ3) is 5.63. The summed E-state index contributed by atoms with van der Waals surface area (Å²) in [5.74, 6) is -1.65. The van der Waals surface area contributed by atoms with Crippen LogP contribution in [0, 0.1) is 5.82 Å². The molecule has 0 spiro atoms. The number of pyridine rings is 1. The molecule has 0 saturated carbocycles. The van der Waals surface area contributed by atoms with Crippen LogP contribution >= 0.6 is 11.6 Å². The number of halogens is 5. The van der Waals surface area contributed by atoms with Crippen LogP contribution in [0.2, 0.25) is 5.02 Å². The maximum Gasteiger partial charge on any atom is 0.417 e. The summed E-state index contributed by atoms with van der Waals surface area (Å²) in [5, 5.41) is -0.535. The first kappa shape index (κ1) is 23.7. The number of H-pyrrole nitrogens is 1. The van der Waals surface area contributed by atoms with Crippen LogP contribution in [0.25, 0.3) is 22.6 Å². The van der Waals surface area contributed by atoms with E-state index in [2.05, 4.69) is 15.0 Å². The molecule has 170 valence electrons. The van der Waals surface area contributed by atoms with E-state index in [1.165, 1.54) is 18.3 Å². The zero-order valence-electron chi connectivity index (χ0n) is 16.8. The SMILES string of the molecule is CCCOCCOc1ccc(-c2cc(=O)[nH]c(-c3c(C(F)(F)F)ccc(Cl)c3F)n2)cn1. The summed E-state index contributed by atoms with van der Waals surface area (Å²) < 4.78 is 65.6. The summed E-state index contributed by atoms with van der Waals surface area (Å²) in [7, 11) is 0. The molecule has 0 atom stereocenters. The second-order valence-corrected chi connectivity index (χ2v) is 7.01. The Hall–Kier alpha value is -2.98. The summed E-state index contributed by atoms with van der Waals surface area (Å²) in [6.07, 6.45) is -2.66. The molecule has 0 fully saturated rings. The summed E-state index contributed by atoms with van der Waals surface area (Å²) in [5.41, 5.74) is -2.70. The van der Waals surface area contributed by atoms with Crippen molar-refractivity contribution in [2.24, 2.45) is 0 Å². The molecule has 0 unspecified atom stereocenters. The fourth-order valence-electron chi connectivity index (χ4n) is 2.81. The number of nitrogens with zero attached hydrogens (tertiary/aromatic N) is 2. The first-order chi connectivity index (χ1) is 15.2. The van der Waals surface area contributed by atoms with Gasteiger partial charge in [-0.25, -0.2) is 14.4 Å². The topological polar surface area (TPSA) is 77.1 Å². The Morgan fingerprint density at radius 2 is 1.91 bits per heavy atom. The Bertz CT molecular complexity index is 1130. The van der Waals surface area contributed by atoms with Gasteiger partial charge in [0.1, 0.15) is 12.4 Å². The third-order valence-corrected chi connectivity index (χ3v) is 4.53. The Balaban J connectivity index is 1.93. The first-order valence-corrected chi connectivity index (χ1v) is 9.92. The van der Waals surface area contributed by atoms with E-state index in [1.807, 2.05) is 6.92 Å². The van der Waals surface area contributed by atoms with Gasteiger partial charge in [-0.2, -0.15) is 13.2 Å². The average molecular weight is 472 g/mol. The van der Waals surface area contributed by atoms with E-state index in [-0.39, 0.29) is 12.3 Å². The molecule has 0 aliphatic rings. The van der Waals surface area contributed by atoms with Gasteiger partial charge in [0, 0.05) is 30.5 Å². The highest BCUT2D eigenvalue weighted by atomic mass is 35.5. The quantitative estimate of drug-likeness (QED) is 0.364. The van der Waals surface area contributed by atoms with Crippen LogP contribution in [0.3, 0.4) is 0 Å². The Labute approximate surface area is 185 Å². The van der Waals surface area contributed by atoms with Crippen LogP contribution in [0.1, 0.15) is 18.9 Å². The zero-order valence-corrected chi connectivity index (χ0v) is 17.6. The molecule has 6 nitrogen and oxygen atoms in total. The third-order valence-electron chi connectivity index (χ3n) is 4.24. The van der Waals surface area contributed by atoms with E-state index in [9.17, 15) is 22.4 Å². The average Bonchev–Trinajstić information content (AvgIpc) is 2.74. The molecule has 2 heterocycles. The van der Waals surface area contributed by atoms with Gasteiger partial charge in [-0.1, -0.05) is 18.5 Å². The van der Waals surface area contributed by atoms with Crippen molar-refractivity contribution < 1.29 is 27.0 Å². The largest absolute Gasteiger partial charge is 0.475 e. The monoisotopic (exact) mass is 471 g/mol. The molecule has 0 radical (unpaired) electrons. The Kier molecular flexibility index (Phi) is 7.47. The summed E-state index contributed by atoms with van der Waals surface area (Å²) >= 11 is 5.67. The van der Waals surface area contributed by atoms with E-state index in [0.717, 1.165) is 18.6 Å². The number of hydrogen-bond donors (Lipinski definition) is 1. The van der Waals surface area contributed by atoms with Crippen molar-refractivity contribution in [3.63, 3.8) is 0 Å². The molecule has 11 heteroatoms. The molecule has 3 aromatic rings. The predicted octanol–water partition coefficient (Wildman–Crippen LogP) is 5.12. The Morgan fingerprint density at radius 3 is 2.56 bits per heavy atom. The fraction of sp³-hybridized carbons (Fsp3) is 0.286. The van der Waals surface area contributed by atoms with Crippen LogP contribution < -0.4 is 10.3 Å². The molecule has 0 saturated heterocycles. The lowest BCUT2D eigenvalue weighted by atomic mass is 10.0. The van der Waals surface area contributed by atoms with Crippen LogP contribution in [-0.2, 0) is 10.9 Å². The minimum Gasteiger partial charge on any atom is -0.475 e. The van der Waals surface area contributed by atoms with Crippen molar-refractivity contribution in [1.82, 2.24) is 15.0 Å². The summed E-state index contributed by atoms with van der Waals surface area (Å²) in [6.45, 7) is 3.28. The second-order valence-electron chi connectivity index (χ2n) is 6.61. The minimum atomic E-state index is -4.89. The number of hydrogen-bond acceptors (Lipinski definition) is 5. The van der Waals surface area contributed by atoms with E-state index < -0.39 is 39.5 Å². The van der Waals surface area contributed by atoms with Gasteiger partial charge in [-0.15, -0.1) is 0 Å². The van der Waals surface area contributed by atoms with Gasteiger partial charge in [0.05, 0.1) is 28.5 Å². The van der Waals surface area contributed by atoms with Crippen molar-refractivity contribution >= 4 is 11.6 Å². The number of aromatic nitrogens is 3. The lowest BCUT2D eigenvalue weighted by Crippen LogP contribution is -2.14. The van der Waals surface area contributed by atoms with Gasteiger partial charge in [-0.05, 0) is 24.6 Å². The second kappa shape index (κ2) is 10.1. The molecular formula is C21H18ClF4N3O3. The molecule has 1 N–H and O–H groups in total. The number of nitrogens with one attached hydrogen (secondary N) is 1. The number of alkyl halides is 3. The fourth-order valence-corrected chi connectivity index (χ4v) is 2.97. The molecular weight excluding hydrogens is 454 g/mol. The van der Waals surface area contributed by atoms with E-state index >= 15 is 0 Å². The van der Waals surface area contributed by atoms with Crippen molar-refractivity contribution in [3.05, 3.63) is 63.3 Å². The lowest BCUT2D eigenvalue weighted by molar-refractivity contribution is -0.137. The van der Waals surface area contributed by atoms with Gasteiger partial charge in [0.15, 0.2) is 5.82 Å². The van der Waals surface area contributed by atoms with Crippen LogP contribution in [0.15, 0.2) is 41.3 Å². The van der Waals surface area contributed by atoms with Crippen molar-refractivity contribution in [3.8, 4) is 28.5 Å². The van der Waals surface area contributed by atoms with Crippen LogP contribution in [0.5, 0.6) is 5.88 Å². The van der Waals surface area contributed by atoms with Gasteiger partial charge < -0.3 is 14.5 Å². The van der Waals surface area contributed by atoms with E-state index in [4.69, 9.17) is 21.1 Å². The molecule has 2 aromatic heterocycles. The number of benzene rings is 1. The molecule has 32 heavy (non-hydrogen) atoms. The van der Waals surface area contributed by atoms with Crippen molar-refractivity contribution in [1.29, 1.82) is 0 Å². The van der Waals surface area contributed by atoms with Crippen LogP contribution in [-0.4, -0.2) is 34.8 Å². The molecule has 0 bridgehead atoms. The van der Waals surface area contributed by atoms with Crippen molar-refractivity contribution in [2.45, 2.75) is 19.5 Å². The highest BCUT2D eigenvalue weighted by molar-refractivity contribution is 6.31. The van der Waals surface area contributed by atoms with Crippen LogP contribution in [0.4, 0.5) is 17.6 Å². The molecule has 3 rings (SSSR count). The minimum absolute atomic E-state index is 0.00146. The summed E-state index contributed by atoms with van der Waals surface area (Å²) in [4.78, 5) is 22.4. The highest BCUT2D eigenvalue weighted by Crippen LogP contribution is 2.39. The molecule has 1 aromatic carbocycles. The van der Waals surface area contributed by atoms with Gasteiger partial charge in [0.25, 0.3) is 5.56 Å². The highest BCUT2D eigenvalue weighted by Gasteiger charge is 2.36. The van der Waals surface area contributed by atoms with Crippen molar-refractivity contribution in [2.75, 3.05) is 19.8 Å². The van der Waals surface area contributed by atoms with Gasteiger partial charge in [-0.3, -0.25) is 4.79 Å². The predicted molar refractivity (Wildman–Crippen MR) is 110 cm³/mol. The van der Waals surface area contributed by atoms with E-state index in [0.29, 0.717) is 30.7 Å². The number of ether oxygens (including phenoxy) is 2. The normalized spacial score (nSPS) is 11.6.